The minimum Gasteiger partial charge on any atom is -0.497 e. The summed E-state index contributed by atoms with van der Waals surface area (Å²) >= 11 is 0. The van der Waals surface area contributed by atoms with Gasteiger partial charge in [-0.25, -0.2) is 0 Å². The molecule has 98 valence electrons. The lowest BCUT2D eigenvalue weighted by atomic mass is 10.1. The van der Waals surface area contributed by atoms with Crippen molar-refractivity contribution in [3.63, 3.8) is 0 Å². The first-order chi connectivity index (χ1) is 8.88. The van der Waals surface area contributed by atoms with Gasteiger partial charge in [0.25, 0.3) is 0 Å². The van der Waals surface area contributed by atoms with E-state index in [1.165, 1.54) is 0 Å². The summed E-state index contributed by atoms with van der Waals surface area (Å²) in [7, 11) is 0. The van der Waals surface area contributed by atoms with Gasteiger partial charge in [-0.1, -0.05) is 13.0 Å². The fraction of sp³-hybridized carbons (Fsp3) is 0.467. The average Bonchev–Trinajstić information content (AvgIpc) is 2.44. The molecule has 1 unspecified atom stereocenters. The van der Waals surface area contributed by atoms with E-state index in [0.717, 1.165) is 43.9 Å². The topological polar surface area (TPSA) is 30.5 Å². The SMILES string of the molecule is CCCOc1cccc(NCC2CCC=CO2)c1. The Morgan fingerprint density at radius 2 is 2.39 bits per heavy atom. The number of hydrogen-bond donors (Lipinski definition) is 1. The molecule has 18 heavy (non-hydrogen) atoms. The molecule has 0 saturated carbocycles. The molecule has 0 aliphatic carbocycles. The van der Waals surface area contributed by atoms with E-state index in [-0.39, 0.29) is 6.10 Å². The van der Waals surface area contributed by atoms with Gasteiger partial charge in [0, 0.05) is 11.8 Å². The maximum Gasteiger partial charge on any atom is 0.121 e. The molecular weight excluding hydrogens is 226 g/mol. The fourth-order valence-corrected chi connectivity index (χ4v) is 1.88. The largest absolute Gasteiger partial charge is 0.497 e. The van der Waals surface area contributed by atoms with Crippen LogP contribution >= 0.6 is 0 Å². The van der Waals surface area contributed by atoms with Crippen LogP contribution in [0.5, 0.6) is 5.75 Å². The minimum absolute atomic E-state index is 0.273. The van der Waals surface area contributed by atoms with Crippen LogP contribution in [-0.2, 0) is 4.74 Å². The number of ether oxygens (including phenoxy) is 2. The van der Waals surface area contributed by atoms with Crippen molar-refractivity contribution in [3.05, 3.63) is 36.6 Å². The quantitative estimate of drug-likeness (QED) is 0.833. The van der Waals surface area contributed by atoms with Crippen molar-refractivity contribution in [1.82, 2.24) is 0 Å². The van der Waals surface area contributed by atoms with Crippen LogP contribution in [0.2, 0.25) is 0 Å². The van der Waals surface area contributed by atoms with Crippen molar-refractivity contribution in [3.8, 4) is 5.75 Å². The third kappa shape index (κ3) is 3.99. The number of allylic oxidation sites excluding steroid dienone is 1. The van der Waals surface area contributed by atoms with Crippen LogP contribution in [0, 0.1) is 0 Å². The summed E-state index contributed by atoms with van der Waals surface area (Å²) in [5.74, 6) is 0.923. The van der Waals surface area contributed by atoms with Gasteiger partial charge in [0.2, 0.25) is 0 Å². The summed E-state index contributed by atoms with van der Waals surface area (Å²) in [6.07, 6.45) is 7.35. The zero-order chi connectivity index (χ0) is 12.6. The highest BCUT2D eigenvalue weighted by Gasteiger charge is 2.10. The molecule has 1 atom stereocenters. The first-order valence-corrected chi connectivity index (χ1v) is 6.65. The molecule has 3 nitrogen and oxygen atoms in total. The fourth-order valence-electron chi connectivity index (χ4n) is 1.88. The Kier molecular flexibility index (Phi) is 4.94. The molecule has 1 aromatic carbocycles. The number of anilines is 1. The first kappa shape index (κ1) is 12.8. The molecule has 0 aromatic heterocycles. The van der Waals surface area contributed by atoms with Crippen molar-refractivity contribution in [2.45, 2.75) is 32.3 Å². The second-order valence-corrected chi connectivity index (χ2v) is 4.46. The maximum absolute atomic E-state index is 5.61. The van der Waals surface area contributed by atoms with Gasteiger partial charge in [0.15, 0.2) is 0 Å². The summed E-state index contributed by atoms with van der Waals surface area (Å²) in [5.41, 5.74) is 1.08. The summed E-state index contributed by atoms with van der Waals surface area (Å²) in [6.45, 7) is 3.71. The Labute approximate surface area is 109 Å². The third-order valence-corrected chi connectivity index (χ3v) is 2.86. The van der Waals surface area contributed by atoms with E-state index in [2.05, 4.69) is 24.4 Å². The second-order valence-electron chi connectivity index (χ2n) is 4.46. The molecule has 0 fully saturated rings. The number of hydrogen-bond acceptors (Lipinski definition) is 3. The van der Waals surface area contributed by atoms with E-state index in [0.29, 0.717) is 0 Å². The highest BCUT2D eigenvalue weighted by molar-refractivity contribution is 5.48. The summed E-state index contributed by atoms with van der Waals surface area (Å²) in [5, 5.41) is 3.39. The smallest absolute Gasteiger partial charge is 0.121 e. The molecule has 0 amide bonds. The van der Waals surface area contributed by atoms with E-state index in [9.17, 15) is 0 Å². The van der Waals surface area contributed by atoms with E-state index >= 15 is 0 Å². The number of nitrogens with one attached hydrogen (secondary N) is 1. The number of benzene rings is 1. The highest BCUT2D eigenvalue weighted by Crippen LogP contribution is 2.18. The van der Waals surface area contributed by atoms with E-state index < -0.39 is 0 Å². The summed E-state index contributed by atoms with van der Waals surface area (Å²) < 4.78 is 11.1. The predicted octanol–water partition coefficient (Wildman–Crippen LogP) is 3.58. The van der Waals surface area contributed by atoms with Crippen LogP contribution in [0.25, 0.3) is 0 Å². The van der Waals surface area contributed by atoms with Crippen LogP contribution in [-0.4, -0.2) is 19.3 Å². The van der Waals surface area contributed by atoms with Gasteiger partial charge < -0.3 is 14.8 Å². The van der Waals surface area contributed by atoms with Crippen molar-refractivity contribution < 1.29 is 9.47 Å². The summed E-state index contributed by atoms with van der Waals surface area (Å²) in [4.78, 5) is 0. The molecule has 1 heterocycles. The van der Waals surface area contributed by atoms with Gasteiger partial charge in [0.1, 0.15) is 11.9 Å². The van der Waals surface area contributed by atoms with Gasteiger partial charge in [-0.15, -0.1) is 0 Å². The zero-order valence-electron chi connectivity index (χ0n) is 10.9. The molecule has 1 aliphatic heterocycles. The Bertz CT molecular complexity index is 390. The minimum atomic E-state index is 0.273. The van der Waals surface area contributed by atoms with Gasteiger partial charge in [0.05, 0.1) is 19.4 Å². The van der Waals surface area contributed by atoms with Crippen LogP contribution in [0.3, 0.4) is 0 Å². The van der Waals surface area contributed by atoms with Crippen molar-refractivity contribution in [1.29, 1.82) is 0 Å². The normalized spacial score (nSPS) is 18.2. The van der Waals surface area contributed by atoms with Crippen LogP contribution in [0.1, 0.15) is 26.2 Å². The van der Waals surface area contributed by atoms with Crippen LogP contribution in [0.15, 0.2) is 36.6 Å². The molecule has 0 saturated heterocycles. The van der Waals surface area contributed by atoms with E-state index in [1.54, 1.807) is 6.26 Å². The van der Waals surface area contributed by atoms with Crippen LogP contribution < -0.4 is 10.1 Å². The summed E-state index contributed by atoms with van der Waals surface area (Å²) in [6, 6.07) is 8.08. The Morgan fingerprint density at radius 3 is 3.17 bits per heavy atom. The molecule has 3 heteroatoms. The lowest BCUT2D eigenvalue weighted by Crippen LogP contribution is -2.22. The van der Waals surface area contributed by atoms with E-state index in [1.807, 2.05) is 18.2 Å². The van der Waals surface area contributed by atoms with Gasteiger partial charge in [-0.2, -0.15) is 0 Å². The zero-order valence-corrected chi connectivity index (χ0v) is 10.9. The molecule has 1 aromatic rings. The molecule has 0 spiro atoms. The van der Waals surface area contributed by atoms with Crippen LogP contribution in [0.4, 0.5) is 5.69 Å². The van der Waals surface area contributed by atoms with Gasteiger partial charge >= 0.3 is 0 Å². The Morgan fingerprint density at radius 1 is 1.44 bits per heavy atom. The van der Waals surface area contributed by atoms with Crippen molar-refractivity contribution >= 4 is 5.69 Å². The monoisotopic (exact) mass is 247 g/mol. The van der Waals surface area contributed by atoms with Gasteiger partial charge in [-0.05, 0) is 37.5 Å². The third-order valence-electron chi connectivity index (χ3n) is 2.86. The lowest BCUT2D eigenvalue weighted by molar-refractivity contribution is 0.135. The highest BCUT2D eigenvalue weighted by atomic mass is 16.5. The first-order valence-electron chi connectivity index (χ1n) is 6.65. The standard InChI is InChI=1S/C15H21NO2/c1-2-9-17-14-8-5-6-13(11-14)16-12-15-7-3-4-10-18-15/h4-6,8,10-11,15-16H,2-3,7,9,12H2,1H3. The maximum atomic E-state index is 5.61. The second kappa shape index (κ2) is 6.94. The number of rotatable bonds is 6. The Balaban J connectivity index is 1.82. The molecule has 0 bridgehead atoms. The average molecular weight is 247 g/mol. The molecule has 1 aliphatic rings. The molecular formula is C15H21NO2. The van der Waals surface area contributed by atoms with Crippen molar-refractivity contribution in [2.75, 3.05) is 18.5 Å². The lowest BCUT2D eigenvalue weighted by Gasteiger charge is -2.20. The van der Waals surface area contributed by atoms with Gasteiger partial charge in [-0.3, -0.25) is 0 Å². The molecule has 1 N–H and O–H groups in total. The van der Waals surface area contributed by atoms with Crippen molar-refractivity contribution in [2.24, 2.45) is 0 Å². The molecule has 2 rings (SSSR count). The predicted molar refractivity (Wildman–Crippen MR) is 74.0 cm³/mol. The van der Waals surface area contributed by atoms with E-state index in [4.69, 9.17) is 9.47 Å². The Hall–Kier alpha value is -1.64. The molecule has 0 radical (unpaired) electrons.